The summed E-state index contributed by atoms with van der Waals surface area (Å²) in [6.45, 7) is 2.54. The van der Waals surface area contributed by atoms with Gasteiger partial charge >= 0.3 is 0 Å². The number of piperidine rings is 1. The fourth-order valence-electron chi connectivity index (χ4n) is 2.62. The minimum Gasteiger partial charge on any atom is -0.484 e. The first-order valence-electron chi connectivity index (χ1n) is 7.60. The summed E-state index contributed by atoms with van der Waals surface area (Å²) in [5.74, 6) is 0.563. The van der Waals surface area contributed by atoms with Crippen molar-refractivity contribution >= 4 is 29.9 Å². The number of rotatable bonds is 6. The average molecular weight is 365 g/mol. The van der Waals surface area contributed by atoms with Crippen LogP contribution in [-0.4, -0.2) is 44.1 Å². The number of carbonyl (C=O) groups excluding carboxylic acids is 1. The SMILES string of the molecule is CNCCC1CCN(C(=O)COc2ccc(F)c(Cl)c2)CC1.Cl. The van der Waals surface area contributed by atoms with Gasteiger partial charge in [-0.2, -0.15) is 0 Å². The van der Waals surface area contributed by atoms with Crippen molar-refractivity contribution in [2.45, 2.75) is 19.3 Å². The normalized spacial score (nSPS) is 15.2. The Morgan fingerprint density at radius 1 is 1.43 bits per heavy atom. The van der Waals surface area contributed by atoms with Gasteiger partial charge < -0.3 is 15.0 Å². The largest absolute Gasteiger partial charge is 0.484 e. The van der Waals surface area contributed by atoms with Crippen LogP contribution in [0.15, 0.2) is 18.2 Å². The van der Waals surface area contributed by atoms with Crippen LogP contribution in [-0.2, 0) is 4.79 Å². The Morgan fingerprint density at radius 3 is 2.74 bits per heavy atom. The van der Waals surface area contributed by atoms with Gasteiger partial charge in [-0.3, -0.25) is 4.79 Å². The molecule has 130 valence electrons. The lowest BCUT2D eigenvalue weighted by Gasteiger charge is -2.32. The molecule has 0 aromatic heterocycles. The second-order valence-electron chi connectivity index (χ2n) is 5.58. The molecule has 0 unspecified atom stereocenters. The van der Waals surface area contributed by atoms with Gasteiger partial charge in [0.25, 0.3) is 5.91 Å². The lowest BCUT2D eigenvalue weighted by Crippen LogP contribution is -2.41. The third-order valence-corrected chi connectivity index (χ3v) is 4.31. The molecule has 0 spiro atoms. The number of halogens is 3. The lowest BCUT2D eigenvalue weighted by molar-refractivity contribution is -0.134. The van der Waals surface area contributed by atoms with Crippen LogP contribution in [0.3, 0.4) is 0 Å². The van der Waals surface area contributed by atoms with Crippen molar-refractivity contribution in [2.24, 2.45) is 5.92 Å². The molecule has 1 aromatic rings. The average Bonchev–Trinajstić information content (AvgIpc) is 2.54. The van der Waals surface area contributed by atoms with Crippen molar-refractivity contribution in [2.75, 3.05) is 33.3 Å². The zero-order valence-corrected chi connectivity index (χ0v) is 14.8. The van der Waals surface area contributed by atoms with Crippen LogP contribution in [0, 0.1) is 11.7 Å². The van der Waals surface area contributed by atoms with E-state index in [0.717, 1.165) is 38.9 Å². The molecule has 1 heterocycles. The quantitative estimate of drug-likeness (QED) is 0.842. The van der Waals surface area contributed by atoms with Crippen LogP contribution in [0.25, 0.3) is 0 Å². The smallest absolute Gasteiger partial charge is 0.260 e. The first-order valence-corrected chi connectivity index (χ1v) is 7.98. The van der Waals surface area contributed by atoms with E-state index in [1.54, 1.807) is 0 Å². The standard InChI is InChI=1S/C16H22ClFN2O2.ClH/c1-19-7-4-12-5-8-20(9-6-12)16(21)11-22-13-2-3-15(18)14(17)10-13;/h2-3,10,12,19H,4-9,11H2,1H3;1H. The van der Waals surface area contributed by atoms with E-state index in [1.807, 2.05) is 11.9 Å². The molecule has 2 rings (SSSR count). The number of hydrogen-bond donors (Lipinski definition) is 1. The van der Waals surface area contributed by atoms with Gasteiger partial charge in [0.15, 0.2) is 6.61 Å². The molecule has 0 saturated carbocycles. The highest BCUT2D eigenvalue weighted by Crippen LogP contribution is 2.22. The summed E-state index contributed by atoms with van der Waals surface area (Å²) in [5.41, 5.74) is 0. The van der Waals surface area contributed by atoms with Crippen molar-refractivity contribution in [3.63, 3.8) is 0 Å². The summed E-state index contributed by atoms with van der Waals surface area (Å²) in [7, 11) is 1.96. The molecule has 0 bridgehead atoms. The van der Waals surface area contributed by atoms with Crippen LogP contribution >= 0.6 is 24.0 Å². The predicted molar refractivity (Wildman–Crippen MR) is 92.0 cm³/mol. The molecule has 23 heavy (non-hydrogen) atoms. The van der Waals surface area contributed by atoms with Crippen LogP contribution in [0.1, 0.15) is 19.3 Å². The Balaban J connectivity index is 0.00000264. The third kappa shape index (κ3) is 6.16. The maximum absolute atomic E-state index is 13.0. The number of amides is 1. The van der Waals surface area contributed by atoms with Crippen LogP contribution in [0.4, 0.5) is 4.39 Å². The van der Waals surface area contributed by atoms with E-state index < -0.39 is 5.82 Å². The van der Waals surface area contributed by atoms with E-state index in [4.69, 9.17) is 16.3 Å². The zero-order chi connectivity index (χ0) is 15.9. The summed E-state index contributed by atoms with van der Waals surface area (Å²) in [6, 6.07) is 4.09. The highest BCUT2D eigenvalue weighted by Gasteiger charge is 2.22. The first kappa shape index (κ1) is 20.0. The summed E-state index contributed by atoms with van der Waals surface area (Å²) >= 11 is 5.68. The van der Waals surface area contributed by atoms with Gasteiger partial charge in [-0.1, -0.05) is 11.6 Å². The number of likely N-dealkylation sites (tertiary alicyclic amines) is 1. The van der Waals surface area contributed by atoms with Crippen molar-refractivity contribution in [3.8, 4) is 5.75 Å². The van der Waals surface area contributed by atoms with E-state index in [0.29, 0.717) is 11.7 Å². The minimum absolute atomic E-state index is 0. The fraction of sp³-hybridized carbons (Fsp3) is 0.562. The molecule has 1 aliphatic rings. The van der Waals surface area contributed by atoms with Crippen molar-refractivity contribution in [1.29, 1.82) is 0 Å². The van der Waals surface area contributed by atoms with Crippen LogP contribution in [0.5, 0.6) is 5.75 Å². The number of nitrogens with one attached hydrogen (secondary N) is 1. The number of carbonyl (C=O) groups is 1. The molecule has 1 aliphatic heterocycles. The second-order valence-corrected chi connectivity index (χ2v) is 5.99. The molecule has 1 saturated heterocycles. The first-order chi connectivity index (χ1) is 10.6. The Morgan fingerprint density at radius 2 is 2.13 bits per heavy atom. The third-order valence-electron chi connectivity index (χ3n) is 4.02. The molecule has 0 aliphatic carbocycles. The van der Waals surface area contributed by atoms with E-state index in [1.165, 1.54) is 18.2 Å². The van der Waals surface area contributed by atoms with Gasteiger partial charge in [0, 0.05) is 19.2 Å². The Bertz CT molecular complexity index is 509. The van der Waals surface area contributed by atoms with E-state index in [9.17, 15) is 9.18 Å². The van der Waals surface area contributed by atoms with Gasteiger partial charge in [-0.15, -0.1) is 12.4 Å². The minimum atomic E-state index is -0.496. The highest BCUT2D eigenvalue weighted by molar-refractivity contribution is 6.30. The van der Waals surface area contributed by atoms with Crippen molar-refractivity contribution in [3.05, 3.63) is 29.0 Å². The molecule has 1 aromatic carbocycles. The zero-order valence-electron chi connectivity index (χ0n) is 13.2. The number of nitrogens with zero attached hydrogens (tertiary/aromatic N) is 1. The Hall–Kier alpha value is -1.04. The summed E-state index contributed by atoms with van der Waals surface area (Å²) in [5, 5.41) is 3.15. The van der Waals surface area contributed by atoms with Gasteiger partial charge in [0.2, 0.25) is 0 Å². The maximum Gasteiger partial charge on any atom is 0.260 e. The molecule has 1 N–H and O–H groups in total. The van der Waals surface area contributed by atoms with Crippen LogP contribution < -0.4 is 10.1 Å². The van der Waals surface area contributed by atoms with E-state index in [-0.39, 0.29) is 29.9 Å². The highest BCUT2D eigenvalue weighted by atomic mass is 35.5. The number of ether oxygens (including phenoxy) is 1. The van der Waals surface area contributed by atoms with Gasteiger partial charge in [-0.05, 0) is 50.9 Å². The summed E-state index contributed by atoms with van der Waals surface area (Å²) in [4.78, 5) is 14.0. The molecule has 7 heteroatoms. The summed E-state index contributed by atoms with van der Waals surface area (Å²) < 4.78 is 18.4. The fourth-order valence-corrected chi connectivity index (χ4v) is 2.79. The predicted octanol–water partition coefficient (Wildman–Crippen LogP) is 3.13. The molecule has 1 amide bonds. The molecule has 0 radical (unpaired) electrons. The van der Waals surface area contributed by atoms with Gasteiger partial charge in [0.05, 0.1) is 5.02 Å². The Kier molecular flexibility index (Phi) is 8.66. The van der Waals surface area contributed by atoms with E-state index in [2.05, 4.69) is 5.32 Å². The monoisotopic (exact) mass is 364 g/mol. The van der Waals surface area contributed by atoms with Gasteiger partial charge in [-0.25, -0.2) is 4.39 Å². The van der Waals surface area contributed by atoms with Crippen molar-refractivity contribution in [1.82, 2.24) is 10.2 Å². The second kappa shape index (κ2) is 9.96. The molecular weight excluding hydrogens is 342 g/mol. The number of benzene rings is 1. The molecule has 0 atom stereocenters. The van der Waals surface area contributed by atoms with Gasteiger partial charge in [0.1, 0.15) is 11.6 Å². The Labute approximate surface area is 147 Å². The lowest BCUT2D eigenvalue weighted by atomic mass is 9.93. The summed E-state index contributed by atoms with van der Waals surface area (Å²) in [6.07, 6.45) is 3.23. The van der Waals surface area contributed by atoms with Crippen LogP contribution in [0.2, 0.25) is 5.02 Å². The van der Waals surface area contributed by atoms with Crippen molar-refractivity contribution < 1.29 is 13.9 Å². The molecule has 1 fully saturated rings. The maximum atomic E-state index is 13.0. The van der Waals surface area contributed by atoms with E-state index >= 15 is 0 Å². The molecular formula is C16H23Cl2FN2O2. The topological polar surface area (TPSA) is 41.6 Å². The molecule has 4 nitrogen and oxygen atoms in total. The number of hydrogen-bond acceptors (Lipinski definition) is 3.